The van der Waals surface area contributed by atoms with E-state index in [1.807, 2.05) is 0 Å². The molecule has 0 aliphatic carbocycles. The molecule has 1 aromatic carbocycles. The lowest BCUT2D eigenvalue weighted by molar-refractivity contribution is -0.0193. The fraction of sp³-hybridized carbons (Fsp3) is 0.250. The van der Waals surface area contributed by atoms with Gasteiger partial charge in [-0.05, 0) is 16.7 Å². The van der Waals surface area contributed by atoms with E-state index >= 15 is 0 Å². The van der Waals surface area contributed by atoms with E-state index < -0.39 is 12.1 Å². The molecule has 1 heterocycles. The van der Waals surface area contributed by atoms with Crippen molar-refractivity contribution in [2.75, 3.05) is 7.11 Å². The number of para-hydroxylation sites is 1. The minimum Gasteiger partial charge on any atom is -0.364 e. The van der Waals surface area contributed by atoms with Crippen LogP contribution in [-0.4, -0.2) is 34.0 Å². The molecular formula is C12H12N4O4. The first kappa shape index (κ1) is 14.0. The summed E-state index contributed by atoms with van der Waals surface area (Å²) in [6.07, 6.45) is -2.18. The second-order valence-corrected chi connectivity index (χ2v) is 3.99. The van der Waals surface area contributed by atoms with Gasteiger partial charge < -0.3 is 19.5 Å². The molecule has 0 atom stereocenters. The Kier molecular flexibility index (Phi) is 4.02. The third-order valence-electron chi connectivity index (χ3n) is 2.82. The van der Waals surface area contributed by atoms with Gasteiger partial charge in [-0.15, -0.1) is 0 Å². The second kappa shape index (κ2) is 5.72. The number of carbonyl (C=O) groups excluding carboxylic acids is 1. The molecule has 0 fully saturated rings. The zero-order valence-electron chi connectivity index (χ0n) is 10.6. The first-order valence-corrected chi connectivity index (χ1v) is 5.67. The van der Waals surface area contributed by atoms with E-state index in [2.05, 4.69) is 10.0 Å². The Balaban J connectivity index is 2.85. The van der Waals surface area contributed by atoms with Gasteiger partial charge in [-0.1, -0.05) is 18.2 Å². The van der Waals surface area contributed by atoms with Crippen LogP contribution in [0.1, 0.15) is 10.4 Å². The quantitative estimate of drug-likeness (QED) is 0.283. The van der Waals surface area contributed by atoms with Gasteiger partial charge >= 0.3 is 0 Å². The molecule has 1 aromatic heterocycles. The third-order valence-corrected chi connectivity index (χ3v) is 2.82. The maximum atomic E-state index is 11.9. The molecule has 8 nitrogen and oxygen atoms in total. The minimum atomic E-state index is -2.18. The molecule has 0 aliphatic heterocycles. The standard InChI is InChI=1S/C12H12N4O4/c1-20-6-16-8-5-3-2-4-7(8)9(10(17)12(18)19)11(16)14-15-13/h2-5,12,18-19H,6H2,1H3. The van der Waals surface area contributed by atoms with Crippen LogP contribution in [-0.2, 0) is 11.5 Å². The van der Waals surface area contributed by atoms with E-state index in [9.17, 15) is 4.79 Å². The van der Waals surface area contributed by atoms with E-state index in [1.54, 1.807) is 24.3 Å². The van der Waals surface area contributed by atoms with E-state index in [0.717, 1.165) is 0 Å². The Morgan fingerprint density at radius 3 is 2.80 bits per heavy atom. The van der Waals surface area contributed by atoms with Crippen molar-refractivity contribution in [3.05, 3.63) is 40.3 Å². The molecule has 0 saturated heterocycles. The summed E-state index contributed by atoms with van der Waals surface area (Å²) in [5, 5.41) is 22.1. The Hall–Kier alpha value is -2.38. The van der Waals surface area contributed by atoms with Crippen LogP contribution < -0.4 is 0 Å². The third kappa shape index (κ3) is 2.24. The van der Waals surface area contributed by atoms with E-state index in [1.165, 1.54) is 11.7 Å². The number of fused-ring (bicyclic) bond motifs is 1. The summed E-state index contributed by atoms with van der Waals surface area (Å²) in [6, 6.07) is 6.79. The summed E-state index contributed by atoms with van der Waals surface area (Å²) in [4.78, 5) is 14.6. The number of aromatic nitrogens is 1. The van der Waals surface area contributed by atoms with Crippen LogP contribution in [0.2, 0.25) is 0 Å². The van der Waals surface area contributed by atoms with Crippen molar-refractivity contribution >= 4 is 22.5 Å². The summed E-state index contributed by atoms with van der Waals surface area (Å²) in [5.74, 6) is -0.938. The molecular weight excluding hydrogens is 264 g/mol. The molecule has 2 aromatic rings. The fourth-order valence-electron chi connectivity index (χ4n) is 2.07. The minimum absolute atomic E-state index is 0.00588. The van der Waals surface area contributed by atoms with Crippen molar-refractivity contribution in [2.24, 2.45) is 5.11 Å². The average molecular weight is 276 g/mol. The number of hydrogen-bond donors (Lipinski definition) is 2. The Bertz CT molecular complexity index is 701. The number of benzene rings is 1. The second-order valence-electron chi connectivity index (χ2n) is 3.99. The molecule has 0 saturated carbocycles. The number of methoxy groups -OCH3 is 1. The number of hydrogen-bond acceptors (Lipinski definition) is 5. The monoisotopic (exact) mass is 276 g/mol. The number of carbonyl (C=O) groups is 1. The lowest BCUT2D eigenvalue weighted by atomic mass is 10.1. The van der Waals surface area contributed by atoms with Crippen LogP contribution in [0.3, 0.4) is 0 Å². The smallest absolute Gasteiger partial charge is 0.221 e. The number of aliphatic hydroxyl groups excluding tert-OH is 1. The van der Waals surface area contributed by atoms with Crippen LogP contribution in [0.15, 0.2) is 29.4 Å². The van der Waals surface area contributed by atoms with Crippen molar-refractivity contribution in [2.45, 2.75) is 13.0 Å². The molecule has 8 heteroatoms. The first-order chi connectivity index (χ1) is 9.61. The number of azide groups is 1. The summed E-state index contributed by atoms with van der Waals surface area (Å²) < 4.78 is 6.51. The van der Waals surface area contributed by atoms with Gasteiger partial charge in [0.1, 0.15) is 12.5 Å². The van der Waals surface area contributed by atoms with E-state index in [4.69, 9.17) is 20.5 Å². The SMILES string of the molecule is COCn1c(N=[N+]=[N-])c(C(=O)C(O)O)c2ccccc21. The summed E-state index contributed by atoms with van der Waals surface area (Å²) in [6.45, 7) is 0.0592. The highest BCUT2D eigenvalue weighted by atomic mass is 16.5. The molecule has 0 unspecified atom stereocenters. The van der Waals surface area contributed by atoms with Gasteiger partial charge in [0.2, 0.25) is 12.1 Å². The van der Waals surface area contributed by atoms with Gasteiger partial charge in [0.05, 0.1) is 11.1 Å². The summed E-state index contributed by atoms with van der Waals surface area (Å²) in [5.41, 5.74) is 9.21. The fourth-order valence-corrected chi connectivity index (χ4v) is 2.07. The van der Waals surface area contributed by atoms with Gasteiger partial charge in [0.15, 0.2) is 0 Å². The molecule has 104 valence electrons. The number of Topliss-reactive ketones (excluding diaryl/α,β-unsaturated/α-hetero) is 1. The molecule has 0 spiro atoms. The average Bonchev–Trinajstić information content (AvgIpc) is 2.73. The van der Waals surface area contributed by atoms with Gasteiger partial charge in [-0.25, -0.2) is 0 Å². The summed E-state index contributed by atoms with van der Waals surface area (Å²) in [7, 11) is 1.46. The molecule has 20 heavy (non-hydrogen) atoms. The highest BCUT2D eigenvalue weighted by molar-refractivity contribution is 6.13. The number of nitrogens with zero attached hydrogens (tertiary/aromatic N) is 4. The maximum Gasteiger partial charge on any atom is 0.221 e. The zero-order chi connectivity index (χ0) is 14.7. The van der Waals surface area contributed by atoms with Crippen LogP contribution in [0.4, 0.5) is 5.82 Å². The lowest BCUT2D eigenvalue weighted by Crippen LogP contribution is -2.19. The lowest BCUT2D eigenvalue weighted by Gasteiger charge is -2.06. The molecule has 2 N–H and O–H groups in total. The molecule has 0 amide bonds. The van der Waals surface area contributed by atoms with Crippen molar-refractivity contribution in [1.29, 1.82) is 0 Å². The van der Waals surface area contributed by atoms with Crippen molar-refractivity contribution in [1.82, 2.24) is 4.57 Å². The highest BCUT2D eigenvalue weighted by Crippen LogP contribution is 2.33. The normalized spacial score (nSPS) is 10.8. The number of ketones is 1. The van der Waals surface area contributed by atoms with Gasteiger partial charge in [-0.3, -0.25) is 4.79 Å². The Labute approximate surface area is 113 Å². The maximum absolute atomic E-state index is 11.9. The molecule has 2 rings (SSSR count). The van der Waals surface area contributed by atoms with Gasteiger partial charge in [0, 0.05) is 17.4 Å². The van der Waals surface area contributed by atoms with Crippen LogP contribution in [0, 0.1) is 0 Å². The van der Waals surface area contributed by atoms with Gasteiger partial charge in [0.25, 0.3) is 0 Å². The van der Waals surface area contributed by atoms with E-state index in [-0.39, 0.29) is 18.1 Å². The number of rotatable bonds is 5. The predicted molar refractivity (Wildman–Crippen MR) is 70.3 cm³/mol. The van der Waals surface area contributed by atoms with Crippen LogP contribution >= 0.6 is 0 Å². The Morgan fingerprint density at radius 2 is 2.20 bits per heavy atom. The molecule has 0 radical (unpaired) electrons. The first-order valence-electron chi connectivity index (χ1n) is 5.67. The highest BCUT2D eigenvalue weighted by Gasteiger charge is 2.25. The largest absolute Gasteiger partial charge is 0.364 e. The molecule has 0 bridgehead atoms. The summed E-state index contributed by atoms with van der Waals surface area (Å²) >= 11 is 0. The van der Waals surface area contributed by atoms with Crippen LogP contribution in [0.5, 0.6) is 0 Å². The van der Waals surface area contributed by atoms with Crippen molar-refractivity contribution < 1.29 is 19.7 Å². The topological polar surface area (TPSA) is 120 Å². The predicted octanol–water partition coefficient (Wildman–Crippen LogP) is 1.68. The number of ether oxygens (including phenoxy) is 1. The van der Waals surface area contributed by atoms with Crippen molar-refractivity contribution in [3.63, 3.8) is 0 Å². The zero-order valence-corrected chi connectivity index (χ0v) is 10.6. The Morgan fingerprint density at radius 1 is 1.50 bits per heavy atom. The van der Waals surface area contributed by atoms with Gasteiger partial charge in [-0.2, -0.15) is 0 Å². The van der Waals surface area contributed by atoms with Crippen LogP contribution in [0.25, 0.3) is 21.3 Å². The van der Waals surface area contributed by atoms with Crippen molar-refractivity contribution in [3.8, 4) is 0 Å². The van der Waals surface area contributed by atoms with E-state index in [0.29, 0.717) is 10.9 Å². The molecule has 0 aliphatic rings. The number of aliphatic hydroxyl groups is 2.